The number of amides is 3. The summed E-state index contributed by atoms with van der Waals surface area (Å²) in [7, 11) is 0. The molecular formula is C27H30FN5O4S. The Bertz CT molecular complexity index is 1290. The van der Waals surface area contributed by atoms with Gasteiger partial charge in [0.1, 0.15) is 22.5 Å². The summed E-state index contributed by atoms with van der Waals surface area (Å²) in [6, 6.07) is 10.9. The number of hydrogen-bond donors (Lipinski definition) is 3. The number of nitrogens with zero attached hydrogens (tertiary/aromatic N) is 2. The van der Waals surface area contributed by atoms with E-state index in [1.54, 1.807) is 24.3 Å². The van der Waals surface area contributed by atoms with E-state index in [0.29, 0.717) is 23.6 Å². The molecule has 5 N–H and O–H groups in total. The number of ether oxygens (including phenoxy) is 1. The van der Waals surface area contributed by atoms with Gasteiger partial charge in [0, 0.05) is 11.7 Å². The number of primary amides is 1. The lowest BCUT2D eigenvalue weighted by Crippen LogP contribution is -2.47. The van der Waals surface area contributed by atoms with Crippen molar-refractivity contribution in [2.45, 2.75) is 51.1 Å². The smallest absolute Gasteiger partial charge is 0.273 e. The largest absolute Gasteiger partial charge is 0.494 e. The molecule has 3 amide bonds. The Morgan fingerprint density at radius 1 is 1.11 bits per heavy atom. The maximum atomic E-state index is 14.1. The summed E-state index contributed by atoms with van der Waals surface area (Å²) in [6.07, 6.45) is 4.78. The average Bonchev–Trinajstić information content (AvgIpc) is 3.30. The van der Waals surface area contributed by atoms with E-state index >= 15 is 0 Å². The first-order valence-corrected chi connectivity index (χ1v) is 13.2. The van der Waals surface area contributed by atoms with E-state index in [0.717, 1.165) is 43.6 Å². The second kappa shape index (κ2) is 12.0. The quantitative estimate of drug-likeness (QED) is 0.372. The van der Waals surface area contributed by atoms with E-state index < -0.39 is 29.6 Å². The van der Waals surface area contributed by atoms with Crippen molar-refractivity contribution in [2.75, 3.05) is 17.2 Å². The lowest BCUT2D eigenvalue weighted by molar-refractivity contribution is -0.123. The molecule has 9 nitrogen and oxygen atoms in total. The van der Waals surface area contributed by atoms with Crippen molar-refractivity contribution >= 4 is 40.6 Å². The molecule has 1 aromatic heterocycles. The van der Waals surface area contributed by atoms with Gasteiger partial charge < -0.3 is 21.5 Å². The molecule has 1 saturated carbocycles. The van der Waals surface area contributed by atoms with Crippen LogP contribution in [0.2, 0.25) is 0 Å². The Morgan fingerprint density at radius 2 is 1.76 bits per heavy atom. The predicted molar refractivity (Wildman–Crippen MR) is 144 cm³/mol. The summed E-state index contributed by atoms with van der Waals surface area (Å²) >= 11 is 0.726. The lowest BCUT2D eigenvalue weighted by Gasteiger charge is -2.33. The van der Waals surface area contributed by atoms with Crippen LogP contribution in [0.3, 0.4) is 0 Å². The lowest BCUT2D eigenvalue weighted by atomic mass is 9.94. The molecule has 1 atom stereocenters. The molecule has 3 aromatic rings. The zero-order chi connectivity index (χ0) is 27.2. The predicted octanol–water partition coefficient (Wildman–Crippen LogP) is 4.20. The zero-order valence-electron chi connectivity index (χ0n) is 21.0. The number of carbonyl (C=O) groups excluding carboxylic acids is 3. The number of aromatic nitrogens is 1. The van der Waals surface area contributed by atoms with Gasteiger partial charge in [0.25, 0.3) is 11.8 Å². The van der Waals surface area contributed by atoms with Crippen molar-refractivity contribution in [3.8, 4) is 5.75 Å². The highest BCUT2D eigenvalue weighted by molar-refractivity contribution is 7.09. The van der Waals surface area contributed by atoms with Gasteiger partial charge in [-0.25, -0.2) is 4.39 Å². The fourth-order valence-corrected chi connectivity index (χ4v) is 5.32. The maximum Gasteiger partial charge on any atom is 0.273 e. The molecule has 1 fully saturated rings. The van der Waals surface area contributed by atoms with E-state index in [9.17, 15) is 18.8 Å². The third kappa shape index (κ3) is 5.94. The van der Waals surface area contributed by atoms with Crippen LogP contribution in [-0.2, 0) is 4.79 Å². The molecule has 38 heavy (non-hydrogen) atoms. The summed E-state index contributed by atoms with van der Waals surface area (Å²) in [6.45, 7) is 2.31. The Morgan fingerprint density at radius 3 is 2.34 bits per heavy atom. The molecular weight excluding hydrogens is 509 g/mol. The number of rotatable bonds is 9. The highest BCUT2D eigenvalue weighted by Crippen LogP contribution is 2.34. The van der Waals surface area contributed by atoms with Crippen LogP contribution in [0.4, 0.5) is 15.8 Å². The van der Waals surface area contributed by atoms with Crippen LogP contribution in [0.1, 0.15) is 70.8 Å². The summed E-state index contributed by atoms with van der Waals surface area (Å²) in [4.78, 5) is 41.0. The van der Waals surface area contributed by atoms with Gasteiger partial charge in [-0.15, -0.1) is 0 Å². The minimum Gasteiger partial charge on any atom is -0.494 e. The molecule has 1 heterocycles. The summed E-state index contributed by atoms with van der Waals surface area (Å²) in [5, 5.41) is 3.09. The number of anilines is 2. The van der Waals surface area contributed by atoms with Crippen molar-refractivity contribution in [2.24, 2.45) is 5.73 Å². The molecule has 0 bridgehead atoms. The van der Waals surface area contributed by atoms with E-state index in [4.69, 9.17) is 16.2 Å². The molecule has 0 radical (unpaired) electrons. The van der Waals surface area contributed by atoms with Gasteiger partial charge in [-0.1, -0.05) is 31.4 Å². The van der Waals surface area contributed by atoms with Crippen LogP contribution < -0.4 is 26.4 Å². The van der Waals surface area contributed by atoms with Gasteiger partial charge in [-0.3, -0.25) is 19.3 Å². The van der Waals surface area contributed by atoms with Gasteiger partial charge in [0.2, 0.25) is 5.91 Å². The molecule has 1 aliphatic rings. The fourth-order valence-electron chi connectivity index (χ4n) is 4.58. The fraction of sp³-hybridized carbons (Fsp3) is 0.333. The highest BCUT2D eigenvalue weighted by atomic mass is 32.1. The minimum atomic E-state index is -1.17. The molecule has 1 aliphatic carbocycles. The standard InChI is InChI=1S/C27H30FN5O4S/c1-2-37-20-14-12-19(13-15-20)33(27(36)24-21(29)22(25(30)34)32-38-24)23(16-8-10-17(28)11-9-16)26(35)31-18-6-4-3-5-7-18/h8-15,18,23H,2-7,29H2,1H3,(H2,30,34)(H,31,35)/t23-/m0/s1. The summed E-state index contributed by atoms with van der Waals surface area (Å²) in [5.41, 5.74) is 11.9. The van der Waals surface area contributed by atoms with E-state index in [1.807, 2.05) is 6.92 Å². The average molecular weight is 540 g/mol. The first kappa shape index (κ1) is 27.1. The Balaban J connectivity index is 1.82. The molecule has 0 aliphatic heterocycles. The van der Waals surface area contributed by atoms with Crippen molar-refractivity contribution in [1.29, 1.82) is 0 Å². The topological polar surface area (TPSA) is 141 Å². The Hall–Kier alpha value is -3.99. The number of benzene rings is 2. The molecule has 0 unspecified atom stereocenters. The molecule has 0 saturated heterocycles. The maximum absolute atomic E-state index is 14.1. The highest BCUT2D eigenvalue weighted by Gasteiger charge is 2.37. The third-order valence-electron chi connectivity index (χ3n) is 6.44. The number of carbonyl (C=O) groups is 3. The molecule has 4 rings (SSSR count). The van der Waals surface area contributed by atoms with Crippen molar-refractivity contribution in [3.63, 3.8) is 0 Å². The molecule has 2 aromatic carbocycles. The SMILES string of the molecule is CCOc1ccc(N(C(=O)c2snc(C(N)=O)c2N)[C@H](C(=O)NC2CCCCC2)c2ccc(F)cc2)cc1. The monoisotopic (exact) mass is 539 g/mol. The van der Waals surface area contributed by atoms with Crippen LogP contribution in [-0.4, -0.2) is 34.7 Å². The number of nitrogens with one attached hydrogen (secondary N) is 1. The van der Waals surface area contributed by atoms with Gasteiger partial charge in [-0.2, -0.15) is 4.37 Å². The number of hydrogen-bond acceptors (Lipinski definition) is 7. The van der Waals surface area contributed by atoms with Crippen molar-refractivity contribution in [3.05, 3.63) is 70.5 Å². The number of nitrogens with two attached hydrogens (primary N) is 2. The van der Waals surface area contributed by atoms with E-state index in [1.165, 1.54) is 29.2 Å². The molecule has 11 heteroatoms. The van der Waals surface area contributed by atoms with Crippen LogP contribution in [0, 0.1) is 5.82 Å². The number of nitrogen functional groups attached to an aromatic ring is 1. The number of halogens is 1. The first-order valence-electron chi connectivity index (χ1n) is 12.5. The normalized spacial score (nSPS) is 14.5. The summed E-state index contributed by atoms with van der Waals surface area (Å²) in [5.74, 6) is -1.82. The van der Waals surface area contributed by atoms with Crippen LogP contribution >= 0.6 is 11.5 Å². The molecule has 200 valence electrons. The van der Waals surface area contributed by atoms with Crippen LogP contribution in [0.15, 0.2) is 48.5 Å². The molecule has 0 spiro atoms. The van der Waals surface area contributed by atoms with Gasteiger partial charge in [0.15, 0.2) is 5.69 Å². The Kier molecular flexibility index (Phi) is 8.57. The second-order valence-electron chi connectivity index (χ2n) is 9.04. The Labute approximate surface area is 224 Å². The van der Waals surface area contributed by atoms with Gasteiger partial charge in [-0.05, 0) is 73.3 Å². The van der Waals surface area contributed by atoms with Crippen LogP contribution in [0.25, 0.3) is 0 Å². The summed E-state index contributed by atoms with van der Waals surface area (Å²) < 4.78 is 23.4. The third-order valence-corrected chi connectivity index (χ3v) is 7.30. The van der Waals surface area contributed by atoms with Crippen molar-refractivity contribution in [1.82, 2.24) is 9.69 Å². The van der Waals surface area contributed by atoms with E-state index in [2.05, 4.69) is 9.69 Å². The van der Waals surface area contributed by atoms with Crippen LogP contribution in [0.5, 0.6) is 5.75 Å². The first-order chi connectivity index (χ1) is 18.3. The van der Waals surface area contributed by atoms with Gasteiger partial charge >= 0.3 is 0 Å². The van der Waals surface area contributed by atoms with Crippen molar-refractivity contribution < 1.29 is 23.5 Å². The zero-order valence-corrected chi connectivity index (χ0v) is 21.8. The minimum absolute atomic E-state index is 0.0357. The van der Waals surface area contributed by atoms with E-state index in [-0.39, 0.29) is 22.3 Å². The second-order valence-corrected chi connectivity index (χ2v) is 9.81. The van der Waals surface area contributed by atoms with Gasteiger partial charge in [0.05, 0.1) is 12.3 Å².